The molecule has 0 heterocycles. The fraction of sp³-hybridized carbons (Fsp3) is 0.125. The lowest BCUT2D eigenvalue weighted by Crippen LogP contribution is -2.39. The molecule has 0 saturated carbocycles. The molecule has 0 N–H and O–H groups in total. The molecule has 0 bridgehead atoms. The minimum Gasteiger partial charge on any atom is -0.394 e. The Balaban J connectivity index is 1.96. The highest BCUT2D eigenvalue weighted by molar-refractivity contribution is 5.64. The summed E-state index contributed by atoms with van der Waals surface area (Å²) in [7, 11) is 0. The van der Waals surface area contributed by atoms with E-state index in [1.807, 2.05) is 0 Å². The van der Waals surface area contributed by atoms with Crippen LogP contribution in [-0.4, -0.2) is 30.3 Å². The van der Waals surface area contributed by atoms with Gasteiger partial charge in [0, 0.05) is 0 Å². The fourth-order valence-electron chi connectivity index (χ4n) is 1.60. The van der Waals surface area contributed by atoms with E-state index in [0.717, 1.165) is 0 Å². The molecule has 0 fully saturated rings. The van der Waals surface area contributed by atoms with Crippen LogP contribution in [0.2, 0.25) is 0 Å². The van der Waals surface area contributed by atoms with Crippen molar-refractivity contribution in [2.75, 3.05) is 6.54 Å². The molecule has 138 valence electrons. The predicted molar refractivity (Wildman–Crippen MR) is 79.9 cm³/mol. The summed E-state index contributed by atoms with van der Waals surface area (Å²) in [5, 5.41) is -0.378. The van der Waals surface area contributed by atoms with Crippen LogP contribution in [0.1, 0.15) is 0 Å². The van der Waals surface area contributed by atoms with Crippen molar-refractivity contribution in [1.29, 1.82) is 0 Å². The number of hydroxylamine groups is 2. The Bertz CT molecular complexity index is 668. The van der Waals surface area contributed by atoms with Gasteiger partial charge in [0.1, 0.15) is 11.5 Å². The Morgan fingerprint density at radius 3 is 1.50 bits per heavy atom. The van der Waals surface area contributed by atoms with Crippen LogP contribution in [0.25, 0.3) is 0 Å². The topological polar surface area (TPSA) is 74.3 Å². The van der Waals surface area contributed by atoms with Crippen LogP contribution in [0.5, 0.6) is 11.5 Å². The van der Waals surface area contributed by atoms with Crippen LogP contribution < -0.4 is 9.47 Å². The lowest BCUT2D eigenvalue weighted by molar-refractivity contribution is -0.342. The number of benzene rings is 2. The summed E-state index contributed by atoms with van der Waals surface area (Å²) < 4.78 is 47.0. The van der Waals surface area contributed by atoms with Gasteiger partial charge < -0.3 is 9.47 Å². The van der Waals surface area contributed by atoms with Crippen LogP contribution in [0.4, 0.5) is 22.8 Å². The molecule has 0 radical (unpaired) electrons. The third-order valence-electron chi connectivity index (χ3n) is 2.55. The molecular formula is C16H12F3NO6. The Morgan fingerprint density at radius 1 is 0.769 bits per heavy atom. The summed E-state index contributed by atoms with van der Waals surface area (Å²) >= 11 is 0. The van der Waals surface area contributed by atoms with E-state index in [4.69, 9.17) is 0 Å². The van der Waals surface area contributed by atoms with E-state index in [9.17, 15) is 22.8 Å². The monoisotopic (exact) mass is 371 g/mol. The first-order valence-corrected chi connectivity index (χ1v) is 7.06. The van der Waals surface area contributed by atoms with E-state index >= 15 is 0 Å². The lowest BCUT2D eigenvalue weighted by atomic mass is 10.3. The lowest BCUT2D eigenvalue weighted by Gasteiger charge is -2.19. The van der Waals surface area contributed by atoms with Gasteiger partial charge in [-0.05, 0) is 24.3 Å². The number of nitrogens with zero attached hydrogens (tertiary/aromatic N) is 1. The molecule has 0 aromatic heterocycles. The van der Waals surface area contributed by atoms with Gasteiger partial charge in [0.25, 0.3) is 0 Å². The quantitative estimate of drug-likeness (QED) is 0.445. The van der Waals surface area contributed by atoms with Crippen LogP contribution in [0.15, 0.2) is 60.7 Å². The van der Waals surface area contributed by atoms with Gasteiger partial charge in [-0.2, -0.15) is 13.2 Å². The van der Waals surface area contributed by atoms with Gasteiger partial charge in [0.15, 0.2) is 6.54 Å². The van der Waals surface area contributed by atoms with Gasteiger partial charge >= 0.3 is 18.5 Å². The number of hydrogen-bond donors (Lipinski definition) is 0. The van der Waals surface area contributed by atoms with E-state index in [0.29, 0.717) is 0 Å². The molecule has 0 aliphatic carbocycles. The summed E-state index contributed by atoms with van der Waals surface area (Å²) in [4.78, 5) is 31.7. The Labute approximate surface area is 145 Å². The number of rotatable bonds is 5. The zero-order chi connectivity index (χ0) is 19.0. The Hall–Kier alpha value is -3.27. The molecule has 26 heavy (non-hydrogen) atoms. The van der Waals surface area contributed by atoms with Crippen molar-refractivity contribution in [3.05, 3.63) is 60.7 Å². The average molecular weight is 371 g/mol. The van der Waals surface area contributed by atoms with E-state index in [-0.39, 0.29) is 16.7 Å². The molecule has 0 aliphatic rings. The first-order valence-electron chi connectivity index (χ1n) is 7.06. The Kier molecular flexibility index (Phi) is 6.39. The second-order valence-electron chi connectivity index (χ2n) is 4.62. The minimum absolute atomic E-state index is 0.0244. The molecule has 0 amide bonds. The standard InChI is InChI=1S/C16H12F3NO6/c17-16(18,19)11-20(25-14(21)23-12-7-3-1-4-8-12)26-15(22)24-13-9-5-2-6-10-13/h1-10H,11H2. The number of para-hydroxylation sites is 2. The van der Waals surface area contributed by atoms with Gasteiger partial charge in [-0.1, -0.05) is 36.4 Å². The molecular weight excluding hydrogens is 359 g/mol. The average Bonchev–Trinajstić information content (AvgIpc) is 2.54. The zero-order valence-corrected chi connectivity index (χ0v) is 13.0. The van der Waals surface area contributed by atoms with Gasteiger partial charge in [-0.15, -0.1) is 0 Å². The SMILES string of the molecule is O=C(Oc1ccccc1)ON(CC(F)(F)F)OC(=O)Oc1ccccc1. The van der Waals surface area contributed by atoms with E-state index in [1.54, 1.807) is 12.1 Å². The van der Waals surface area contributed by atoms with Crippen molar-refractivity contribution in [3.8, 4) is 11.5 Å². The van der Waals surface area contributed by atoms with E-state index in [1.165, 1.54) is 48.5 Å². The molecule has 0 spiro atoms. The van der Waals surface area contributed by atoms with Gasteiger partial charge in [0.05, 0.1) is 5.23 Å². The number of hydrogen-bond acceptors (Lipinski definition) is 7. The van der Waals surface area contributed by atoms with Crippen LogP contribution in [0.3, 0.4) is 0 Å². The zero-order valence-electron chi connectivity index (χ0n) is 13.0. The van der Waals surface area contributed by atoms with Crippen LogP contribution in [0, 0.1) is 0 Å². The summed E-state index contributed by atoms with van der Waals surface area (Å²) in [5.41, 5.74) is 0. The second kappa shape index (κ2) is 8.72. The predicted octanol–water partition coefficient (Wildman–Crippen LogP) is 4.11. The number of ether oxygens (including phenoxy) is 2. The molecule has 0 saturated heterocycles. The highest BCUT2D eigenvalue weighted by Gasteiger charge is 2.36. The molecule has 7 nitrogen and oxygen atoms in total. The summed E-state index contributed by atoms with van der Waals surface area (Å²) in [6, 6.07) is 14.9. The largest absolute Gasteiger partial charge is 0.536 e. The number of carbonyl (C=O) groups is 2. The van der Waals surface area contributed by atoms with Gasteiger partial charge in [-0.25, -0.2) is 9.59 Å². The van der Waals surface area contributed by atoms with Gasteiger partial charge in [0.2, 0.25) is 0 Å². The molecule has 10 heteroatoms. The normalized spacial score (nSPS) is 10.9. The van der Waals surface area contributed by atoms with Crippen molar-refractivity contribution in [1.82, 2.24) is 5.23 Å². The fourth-order valence-corrected chi connectivity index (χ4v) is 1.60. The maximum atomic E-state index is 12.6. The first-order chi connectivity index (χ1) is 12.3. The number of halogens is 3. The summed E-state index contributed by atoms with van der Waals surface area (Å²) in [5.74, 6) is 0.0487. The van der Waals surface area contributed by atoms with Crippen molar-refractivity contribution < 1.29 is 41.9 Å². The third kappa shape index (κ3) is 7.09. The molecule has 0 unspecified atom stereocenters. The van der Waals surface area contributed by atoms with E-state index < -0.39 is 25.0 Å². The highest BCUT2D eigenvalue weighted by atomic mass is 19.4. The highest BCUT2D eigenvalue weighted by Crippen LogP contribution is 2.18. The molecule has 2 aromatic carbocycles. The number of carbonyl (C=O) groups excluding carboxylic acids is 2. The smallest absolute Gasteiger partial charge is 0.394 e. The molecule has 2 aromatic rings. The van der Waals surface area contributed by atoms with E-state index in [2.05, 4.69) is 19.1 Å². The van der Waals surface area contributed by atoms with Gasteiger partial charge in [-0.3, -0.25) is 9.68 Å². The van der Waals surface area contributed by atoms with Crippen LogP contribution in [-0.2, 0) is 9.68 Å². The maximum absolute atomic E-state index is 12.6. The van der Waals surface area contributed by atoms with Crippen molar-refractivity contribution >= 4 is 12.3 Å². The van der Waals surface area contributed by atoms with Crippen LogP contribution >= 0.6 is 0 Å². The molecule has 0 aliphatic heterocycles. The summed E-state index contributed by atoms with van der Waals surface area (Å²) in [6.07, 6.45) is -7.90. The molecule has 2 rings (SSSR count). The summed E-state index contributed by atoms with van der Waals surface area (Å²) in [6.45, 7) is -1.89. The second-order valence-corrected chi connectivity index (χ2v) is 4.62. The maximum Gasteiger partial charge on any atom is 0.536 e. The number of alkyl halides is 3. The Morgan fingerprint density at radius 2 is 1.15 bits per heavy atom. The third-order valence-corrected chi connectivity index (χ3v) is 2.55. The van der Waals surface area contributed by atoms with Crippen molar-refractivity contribution in [2.24, 2.45) is 0 Å². The first kappa shape index (κ1) is 19.1. The van der Waals surface area contributed by atoms with Crippen molar-refractivity contribution in [2.45, 2.75) is 6.18 Å². The minimum atomic E-state index is -4.83. The molecule has 0 atom stereocenters. The van der Waals surface area contributed by atoms with Crippen molar-refractivity contribution in [3.63, 3.8) is 0 Å².